The van der Waals surface area contributed by atoms with Crippen LogP contribution in [0.5, 0.6) is 17.2 Å². The predicted molar refractivity (Wildman–Crippen MR) is 153 cm³/mol. The molecule has 0 amide bonds. The van der Waals surface area contributed by atoms with Gasteiger partial charge in [-0.3, -0.25) is 9.36 Å². The molecule has 1 atom stereocenters. The van der Waals surface area contributed by atoms with Gasteiger partial charge in [0.1, 0.15) is 23.3 Å². The highest BCUT2D eigenvalue weighted by molar-refractivity contribution is 9.11. The van der Waals surface area contributed by atoms with Crippen LogP contribution >= 0.6 is 43.2 Å². The van der Waals surface area contributed by atoms with Gasteiger partial charge in [-0.1, -0.05) is 27.3 Å². The molecule has 0 bridgehead atoms. The summed E-state index contributed by atoms with van der Waals surface area (Å²) >= 11 is 8.29. The van der Waals surface area contributed by atoms with Crippen LogP contribution in [0.1, 0.15) is 37.9 Å². The summed E-state index contributed by atoms with van der Waals surface area (Å²) in [7, 11) is 3.09. The van der Waals surface area contributed by atoms with E-state index < -0.39 is 12.0 Å². The van der Waals surface area contributed by atoms with E-state index >= 15 is 0 Å². The van der Waals surface area contributed by atoms with E-state index in [1.54, 1.807) is 45.2 Å². The lowest BCUT2D eigenvalue weighted by Crippen LogP contribution is -2.40. The number of aromatic nitrogens is 1. The molecule has 2 aromatic carbocycles. The van der Waals surface area contributed by atoms with Crippen LogP contribution in [0, 0.1) is 0 Å². The molecule has 0 spiro atoms. The van der Waals surface area contributed by atoms with E-state index in [1.165, 1.54) is 23.0 Å². The molecule has 0 unspecified atom stereocenters. The van der Waals surface area contributed by atoms with Gasteiger partial charge in [0.2, 0.25) is 0 Å². The largest absolute Gasteiger partial charge is 0.497 e. The Morgan fingerprint density at radius 3 is 2.55 bits per heavy atom. The third kappa shape index (κ3) is 5.32. The molecule has 38 heavy (non-hydrogen) atoms. The van der Waals surface area contributed by atoms with Crippen molar-refractivity contribution in [2.45, 2.75) is 26.8 Å². The number of carbonyl (C=O) groups is 1. The van der Waals surface area contributed by atoms with Gasteiger partial charge in [-0.2, -0.15) is 0 Å². The van der Waals surface area contributed by atoms with E-state index in [-0.39, 0.29) is 17.7 Å². The number of carbonyl (C=O) groups excluding carboxylic acids is 1. The minimum atomic E-state index is -0.835. The number of fused-ring (bicyclic) bond motifs is 1. The van der Waals surface area contributed by atoms with E-state index in [0.29, 0.717) is 44.4 Å². The first-order valence-electron chi connectivity index (χ1n) is 11.8. The molecule has 0 radical (unpaired) electrons. The number of thiazole rings is 1. The molecule has 2 heterocycles. The molecule has 0 fully saturated rings. The van der Waals surface area contributed by atoms with Crippen LogP contribution in [0.3, 0.4) is 0 Å². The van der Waals surface area contributed by atoms with Crippen molar-refractivity contribution in [3.63, 3.8) is 0 Å². The highest BCUT2D eigenvalue weighted by atomic mass is 79.9. The second kappa shape index (κ2) is 11.9. The number of hydrogen-bond acceptors (Lipinski definition) is 8. The van der Waals surface area contributed by atoms with Crippen LogP contribution in [-0.2, 0) is 9.53 Å². The third-order valence-electron chi connectivity index (χ3n) is 5.86. The Balaban J connectivity index is 2.03. The molecular formula is C27H26Br2N2O6S. The Morgan fingerprint density at radius 1 is 1.13 bits per heavy atom. The van der Waals surface area contributed by atoms with Crippen LogP contribution in [0.4, 0.5) is 0 Å². The highest BCUT2D eigenvalue weighted by Crippen LogP contribution is 2.38. The van der Waals surface area contributed by atoms with Gasteiger partial charge >= 0.3 is 5.97 Å². The van der Waals surface area contributed by atoms with Gasteiger partial charge in [-0.05, 0) is 73.1 Å². The average molecular weight is 666 g/mol. The second-order valence-corrected chi connectivity index (χ2v) is 10.9. The topological polar surface area (TPSA) is 88.4 Å². The van der Waals surface area contributed by atoms with Gasteiger partial charge in [0.05, 0.1) is 47.7 Å². The number of ether oxygens (including phenoxy) is 4. The van der Waals surface area contributed by atoms with E-state index in [1.807, 2.05) is 19.1 Å². The summed E-state index contributed by atoms with van der Waals surface area (Å²) in [6.45, 7) is 6.01. The molecule has 1 aliphatic rings. The Bertz CT molecular complexity index is 1610. The van der Waals surface area contributed by atoms with Crippen LogP contribution in [0.15, 0.2) is 60.3 Å². The standard InChI is InChI=1S/C27H26Br2N2O6S/c1-6-36-24-15(10-16(28)12-19(24)29)11-21-25(32)31-23(18-13-17(34-4)8-9-20(18)35-5)22(26(33)37-7-2)14(3)30-27(31)38-21/h8-13,23H,6-7H2,1-5H3/b21-11-/t23-/m0/s1. The summed E-state index contributed by atoms with van der Waals surface area (Å²) in [6.07, 6.45) is 1.77. The molecule has 8 nitrogen and oxygen atoms in total. The van der Waals surface area contributed by atoms with Crippen molar-refractivity contribution < 1.29 is 23.7 Å². The molecule has 0 N–H and O–H groups in total. The number of nitrogens with zero attached hydrogens (tertiary/aromatic N) is 2. The Hall–Kier alpha value is -2.89. The lowest BCUT2D eigenvalue weighted by atomic mass is 9.94. The number of allylic oxidation sites excluding steroid dienone is 1. The van der Waals surface area contributed by atoms with Gasteiger partial charge < -0.3 is 18.9 Å². The van der Waals surface area contributed by atoms with Crippen molar-refractivity contribution in [3.8, 4) is 17.2 Å². The molecule has 0 aliphatic carbocycles. The molecule has 4 rings (SSSR count). The SMILES string of the molecule is CCOC(=O)C1=C(C)N=c2s/c(=C\c3cc(Br)cc(Br)c3OCC)c(=O)n2[C@H]1c1cc(OC)ccc1OC. The van der Waals surface area contributed by atoms with Crippen molar-refractivity contribution in [2.24, 2.45) is 4.99 Å². The zero-order chi connectivity index (χ0) is 27.6. The van der Waals surface area contributed by atoms with E-state index in [4.69, 9.17) is 18.9 Å². The molecule has 1 aliphatic heterocycles. The fourth-order valence-corrected chi connectivity index (χ4v) is 6.67. The molecular weight excluding hydrogens is 640 g/mol. The number of rotatable bonds is 8. The summed E-state index contributed by atoms with van der Waals surface area (Å²) in [5.41, 5.74) is 1.72. The Kier molecular flexibility index (Phi) is 8.79. The molecule has 200 valence electrons. The van der Waals surface area contributed by atoms with Crippen LogP contribution in [0.2, 0.25) is 0 Å². The van der Waals surface area contributed by atoms with Crippen molar-refractivity contribution in [2.75, 3.05) is 27.4 Å². The number of benzene rings is 2. The highest BCUT2D eigenvalue weighted by Gasteiger charge is 2.35. The zero-order valence-electron chi connectivity index (χ0n) is 21.5. The van der Waals surface area contributed by atoms with Crippen LogP contribution in [0.25, 0.3) is 6.08 Å². The fraction of sp³-hybridized carbons (Fsp3) is 0.296. The fourth-order valence-electron chi connectivity index (χ4n) is 4.26. The lowest BCUT2D eigenvalue weighted by Gasteiger charge is -2.26. The molecule has 3 aromatic rings. The zero-order valence-corrected chi connectivity index (χ0v) is 25.5. The molecule has 0 saturated carbocycles. The number of halogens is 2. The van der Waals surface area contributed by atoms with Crippen molar-refractivity contribution in [1.29, 1.82) is 0 Å². The van der Waals surface area contributed by atoms with E-state index in [2.05, 4.69) is 36.9 Å². The summed E-state index contributed by atoms with van der Waals surface area (Å²) in [5, 5.41) is 0. The maximum atomic E-state index is 14.0. The number of methoxy groups -OCH3 is 2. The van der Waals surface area contributed by atoms with Crippen molar-refractivity contribution in [3.05, 3.63) is 81.4 Å². The normalized spacial score (nSPS) is 15.1. The number of hydrogen-bond donors (Lipinski definition) is 0. The van der Waals surface area contributed by atoms with Crippen molar-refractivity contribution >= 4 is 55.2 Å². The average Bonchev–Trinajstić information content (AvgIpc) is 3.19. The van der Waals surface area contributed by atoms with E-state index in [0.717, 1.165) is 14.5 Å². The second-order valence-electron chi connectivity index (χ2n) is 8.15. The van der Waals surface area contributed by atoms with Gasteiger partial charge in [0.15, 0.2) is 4.80 Å². The Morgan fingerprint density at radius 2 is 1.89 bits per heavy atom. The van der Waals surface area contributed by atoms with Gasteiger partial charge in [-0.25, -0.2) is 9.79 Å². The number of esters is 1. The first-order chi connectivity index (χ1) is 18.2. The lowest BCUT2D eigenvalue weighted by molar-refractivity contribution is -0.139. The smallest absolute Gasteiger partial charge is 0.338 e. The first-order valence-corrected chi connectivity index (χ1v) is 14.2. The molecule has 0 saturated heterocycles. The quantitative estimate of drug-likeness (QED) is 0.323. The Labute approximate surface area is 240 Å². The summed E-state index contributed by atoms with van der Waals surface area (Å²) in [5.74, 6) is 1.13. The maximum absolute atomic E-state index is 14.0. The predicted octanol–water partition coefficient (Wildman–Crippen LogP) is 4.74. The van der Waals surface area contributed by atoms with Gasteiger partial charge in [0, 0.05) is 15.6 Å². The minimum Gasteiger partial charge on any atom is -0.497 e. The molecule has 11 heteroatoms. The van der Waals surface area contributed by atoms with E-state index in [9.17, 15) is 9.59 Å². The van der Waals surface area contributed by atoms with Crippen molar-refractivity contribution in [1.82, 2.24) is 4.57 Å². The first kappa shape index (κ1) is 28.1. The summed E-state index contributed by atoms with van der Waals surface area (Å²) < 4.78 is 25.9. The van der Waals surface area contributed by atoms with Crippen LogP contribution in [-0.4, -0.2) is 38.0 Å². The third-order valence-corrected chi connectivity index (χ3v) is 7.89. The maximum Gasteiger partial charge on any atom is 0.338 e. The summed E-state index contributed by atoms with van der Waals surface area (Å²) in [6, 6.07) is 8.19. The van der Waals surface area contributed by atoms with Gasteiger partial charge in [-0.15, -0.1) is 0 Å². The van der Waals surface area contributed by atoms with Crippen LogP contribution < -0.4 is 29.1 Å². The van der Waals surface area contributed by atoms with Gasteiger partial charge in [0.25, 0.3) is 5.56 Å². The summed E-state index contributed by atoms with van der Waals surface area (Å²) in [4.78, 5) is 32.3. The monoisotopic (exact) mass is 664 g/mol. The molecule has 1 aromatic heterocycles. The minimum absolute atomic E-state index is 0.181.